The third-order valence-corrected chi connectivity index (χ3v) is 4.10. The highest BCUT2D eigenvalue weighted by molar-refractivity contribution is 6.35. The van der Waals surface area contributed by atoms with E-state index < -0.39 is 18.2 Å². The van der Waals surface area contributed by atoms with Gasteiger partial charge in [0.05, 0.1) is 12.1 Å². The van der Waals surface area contributed by atoms with E-state index in [0.29, 0.717) is 22.1 Å². The summed E-state index contributed by atoms with van der Waals surface area (Å²) in [7, 11) is 1.54. The molecule has 0 aliphatic carbocycles. The molecule has 5 nitrogen and oxygen atoms in total. The minimum atomic E-state index is -0.956. The van der Waals surface area contributed by atoms with Gasteiger partial charge >= 0.3 is 5.97 Å². The highest BCUT2D eigenvalue weighted by Gasteiger charge is 2.24. The number of hydrogen-bond donors (Lipinski definition) is 0. The summed E-state index contributed by atoms with van der Waals surface area (Å²) in [5.41, 5.74) is 0.417. The number of esters is 1. The van der Waals surface area contributed by atoms with E-state index in [1.165, 1.54) is 27.0 Å². The Bertz CT molecular complexity index is 789. The van der Waals surface area contributed by atoms with Crippen LogP contribution in [0.4, 0.5) is 0 Å². The molecule has 7 heteroatoms. The van der Waals surface area contributed by atoms with E-state index in [1.807, 2.05) is 0 Å². The molecule has 2 aromatic rings. The van der Waals surface area contributed by atoms with Crippen LogP contribution in [-0.4, -0.2) is 31.1 Å². The number of halogens is 2. The number of Topliss-reactive ketones (excluding diaryl/α,β-unsaturated/α-hetero) is 1. The fraction of sp³-hybridized carbons (Fsp3) is 0.263. The van der Waals surface area contributed by atoms with Crippen molar-refractivity contribution in [1.29, 1.82) is 0 Å². The number of ketones is 1. The molecule has 2 atom stereocenters. The van der Waals surface area contributed by atoms with E-state index in [4.69, 9.17) is 37.4 Å². The highest BCUT2D eigenvalue weighted by Crippen LogP contribution is 2.28. The van der Waals surface area contributed by atoms with Gasteiger partial charge in [-0.15, -0.1) is 0 Å². The Kier molecular flexibility index (Phi) is 6.89. The summed E-state index contributed by atoms with van der Waals surface area (Å²) < 4.78 is 15.7. The minimum absolute atomic E-state index is 0.277. The van der Waals surface area contributed by atoms with Crippen LogP contribution < -0.4 is 9.47 Å². The normalized spacial score (nSPS) is 12.8. The first kappa shape index (κ1) is 20.1. The zero-order chi connectivity index (χ0) is 19.3. The first-order valence-corrected chi connectivity index (χ1v) is 8.58. The number of methoxy groups -OCH3 is 1. The Morgan fingerprint density at radius 3 is 2.19 bits per heavy atom. The van der Waals surface area contributed by atoms with E-state index in [2.05, 4.69) is 0 Å². The molecular formula is C19H18Cl2O5. The van der Waals surface area contributed by atoms with E-state index >= 15 is 0 Å². The fourth-order valence-electron chi connectivity index (χ4n) is 2.12. The van der Waals surface area contributed by atoms with Crippen LogP contribution in [0, 0.1) is 0 Å². The summed E-state index contributed by atoms with van der Waals surface area (Å²) in [5, 5.41) is 0.732. The molecule has 2 aromatic carbocycles. The average molecular weight is 397 g/mol. The van der Waals surface area contributed by atoms with Gasteiger partial charge in [0, 0.05) is 10.6 Å². The Hall–Kier alpha value is -2.24. The lowest BCUT2D eigenvalue weighted by molar-refractivity contribution is -0.153. The molecule has 26 heavy (non-hydrogen) atoms. The number of ether oxygens (including phenoxy) is 3. The standard InChI is InChI=1S/C19H18Cl2O5/c1-11(18(22)13-4-7-15(24-3)8-5-13)26-19(23)12(2)25-17-9-6-14(20)10-16(17)21/h4-12H,1-3H3/t11-,12-/m1/s1. The summed E-state index contributed by atoms with van der Waals surface area (Å²) >= 11 is 11.8. The van der Waals surface area contributed by atoms with Gasteiger partial charge in [0.2, 0.25) is 5.78 Å². The van der Waals surface area contributed by atoms with Crippen molar-refractivity contribution in [2.24, 2.45) is 0 Å². The Labute approximate surface area is 161 Å². The molecule has 0 aliphatic heterocycles. The third-order valence-electron chi connectivity index (χ3n) is 3.57. The van der Waals surface area contributed by atoms with Crippen molar-refractivity contribution >= 4 is 35.0 Å². The largest absolute Gasteiger partial charge is 0.497 e. The van der Waals surface area contributed by atoms with Gasteiger partial charge in [-0.25, -0.2) is 4.79 Å². The Morgan fingerprint density at radius 1 is 0.962 bits per heavy atom. The van der Waals surface area contributed by atoms with Gasteiger partial charge in [-0.2, -0.15) is 0 Å². The molecule has 0 bridgehead atoms. The molecule has 0 aromatic heterocycles. The third kappa shape index (κ3) is 5.13. The highest BCUT2D eigenvalue weighted by atomic mass is 35.5. The molecule has 0 saturated carbocycles. The topological polar surface area (TPSA) is 61.8 Å². The van der Waals surface area contributed by atoms with E-state index in [9.17, 15) is 9.59 Å². The van der Waals surface area contributed by atoms with E-state index in [1.54, 1.807) is 36.4 Å². The van der Waals surface area contributed by atoms with Gasteiger partial charge in [0.15, 0.2) is 12.2 Å². The molecule has 2 rings (SSSR count). The van der Waals surface area contributed by atoms with Crippen LogP contribution in [0.15, 0.2) is 42.5 Å². The van der Waals surface area contributed by atoms with Crippen LogP contribution in [0.5, 0.6) is 11.5 Å². The maximum Gasteiger partial charge on any atom is 0.347 e. The van der Waals surface area contributed by atoms with E-state index in [-0.39, 0.29) is 10.8 Å². The predicted octanol–water partition coefficient (Wildman–Crippen LogP) is 4.58. The van der Waals surface area contributed by atoms with Crippen LogP contribution in [0.3, 0.4) is 0 Å². The average Bonchev–Trinajstić information content (AvgIpc) is 2.63. The second-order valence-electron chi connectivity index (χ2n) is 5.51. The van der Waals surface area contributed by atoms with Crippen molar-refractivity contribution in [3.8, 4) is 11.5 Å². The second kappa shape index (κ2) is 8.92. The molecule has 0 amide bonds. The first-order chi connectivity index (χ1) is 12.3. The van der Waals surface area contributed by atoms with Gasteiger partial charge in [-0.05, 0) is 56.3 Å². The van der Waals surface area contributed by atoms with Crippen LogP contribution in [-0.2, 0) is 9.53 Å². The Morgan fingerprint density at radius 2 is 1.62 bits per heavy atom. The smallest absolute Gasteiger partial charge is 0.347 e. The molecule has 0 aliphatic rings. The van der Waals surface area contributed by atoms with Crippen molar-refractivity contribution in [1.82, 2.24) is 0 Å². The molecule has 0 N–H and O–H groups in total. The molecular weight excluding hydrogens is 379 g/mol. The van der Waals surface area contributed by atoms with Crippen molar-refractivity contribution in [2.75, 3.05) is 7.11 Å². The minimum Gasteiger partial charge on any atom is -0.497 e. The van der Waals surface area contributed by atoms with Crippen LogP contribution in [0.25, 0.3) is 0 Å². The molecule has 0 radical (unpaired) electrons. The summed E-state index contributed by atoms with van der Waals surface area (Å²) in [6.45, 7) is 3.02. The summed E-state index contributed by atoms with van der Waals surface area (Å²) in [6.07, 6.45) is -1.90. The van der Waals surface area contributed by atoms with Gasteiger partial charge in [0.25, 0.3) is 0 Å². The Balaban J connectivity index is 1.97. The quantitative estimate of drug-likeness (QED) is 0.506. The number of hydrogen-bond acceptors (Lipinski definition) is 5. The zero-order valence-corrected chi connectivity index (χ0v) is 16.0. The summed E-state index contributed by atoms with van der Waals surface area (Å²) in [6, 6.07) is 11.2. The lowest BCUT2D eigenvalue weighted by Gasteiger charge is -2.18. The van der Waals surface area contributed by atoms with Gasteiger partial charge in [-0.1, -0.05) is 23.2 Å². The number of benzene rings is 2. The van der Waals surface area contributed by atoms with Crippen LogP contribution in [0.2, 0.25) is 10.0 Å². The second-order valence-corrected chi connectivity index (χ2v) is 6.35. The zero-order valence-electron chi connectivity index (χ0n) is 14.5. The number of rotatable bonds is 7. The first-order valence-electron chi connectivity index (χ1n) is 7.82. The van der Waals surface area contributed by atoms with E-state index in [0.717, 1.165) is 0 Å². The van der Waals surface area contributed by atoms with Crippen molar-refractivity contribution in [2.45, 2.75) is 26.1 Å². The van der Waals surface area contributed by atoms with Crippen LogP contribution in [0.1, 0.15) is 24.2 Å². The lowest BCUT2D eigenvalue weighted by atomic mass is 10.1. The number of carbonyl (C=O) groups excluding carboxylic acids is 2. The molecule has 138 valence electrons. The van der Waals surface area contributed by atoms with Crippen molar-refractivity contribution < 1.29 is 23.8 Å². The molecule has 0 saturated heterocycles. The fourth-order valence-corrected chi connectivity index (χ4v) is 2.58. The van der Waals surface area contributed by atoms with Crippen molar-refractivity contribution in [3.63, 3.8) is 0 Å². The summed E-state index contributed by atoms with van der Waals surface area (Å²) in [5.74, 6) is -0.0641. The SMILES string of the molecule is COc1ccc(C(=O)[C@@H](C)OC(=O)[C@@H](C)Oc2ccc(Cl)cc2Cl)cc1. The summed E-state index contributed by atoms with van der Waals surface area (Å²) in [4.78, 5) is 24.5. The molecule has 0 heterocycles. The lowest BCUT2D eigenvalue weighted by Crippen LogP contribution is -2.32. The van der Waals surface area contributed by atoms with Gasteiger partial charge < -0.3 is 14.2 Å². The predicted molar refractivity (Wildman–Crippen MR) is 99.4 cm³/mol. The number of carbonyl (C=O) groups is 2. The molecule has 0 fully saturated rings. The van der Waals surface area contributed by atoms with Gasteiger partial charge in [0.1, 0.15) is 11.5 Å². The molecule has 0 spiro atoms. The molecule has 0 unspecified atom stereocenters. The maximum atomic E-state index is 12.4. The van der Waals surface area contributed by atoms with Crippen LogP contribution >= 0.6 is 23.2 Å². The maximum absolute atomic E-state index is 12.4. The monoisotopic (exact) mass is 396 g/mol. The van der Waals surface area contributed by atoms with Crippen molar-refractivity contribution in [3.05, 3.63) is 58.1 Å². The van der Waals surface area contributed by atoms with Gasteiger partial charge in [-0.3, -0.25) is 4.79 Å².